The van der Waals surface area contributed by atoms with Crippen LogP contribution in [-0.2, 0) is 0 Å². The van der Waals surface area contributed by atoms with E-state index in [2.05, 4.69) is 12.2 Å². The van der Waals surface area contributed by atoms with Crippen molar-refractivity contribution in [3.8, 4) is 0 Å². The largest absolute Gasteiger partial charge is 0.349 e. The predicted molar refractivity (Wildman–Crippen MR) is 146 cm³/mol. The second kappa shape index (κ2) is 21.6. The van der Waals surface area contributed by atoms with Crippen LogP contribution in [0.2, 0.25) is 0 Å². The lowest BCUT2D eigenvalue weighted by Gasteiger charge is -2.17. The smallest absolute Gasteiger partial charge is 0.251 e. The van der Waals surface area contributed by atoms with E-state index >= 15 is 0 Å². The highest BCUT2D eigenvalue weighted by atomic mass is 32.2. The zero-order chi connectivity index (χ0) is 22.5. The van der Waals surface area contributed by atoms with Gasteiger partial charge in [-0.1, -0.05) is 64.2 Å². The Morgan fingerprint density at radius 1 is 0.933 bits per heavy atom. The van der Waals surface area contributed by atoms with Gasteiger partial charge in [0, 0.05) is 28.2 Å². The average molecular weight is 461 g/mol. The van der Waals surface area contributed by atoms with Gasteiger partial charge >= 0.3 is 0 Å². The highest BCUT2D eigenvalue weighted by Crippen LogP contribution is 2.14. The number of thioether (sulfide) groups is 2. The first-order valence-corrected chi connectivity index (χ1v) is 14.2. The molecule has 0 spiro atoms. The van der Waals surface area contributed by atoms with Gasteiger partial charge in [0.05, 0.1) is 0 Å². The zero-order valence-corrected chi connectivity index (χ0v) is 21.5. The molecular formula is C25H52N2OS2. The van der Waals surface area contributed by atoms with Gasteiger partial charge in [-0.3, -0.25) is 4.79 Å². The molecule has 180 valence electrons. The standard InChI is InChI=1S/C23H40N2OS2.C2H6.3H2/c1-3-22(25-23(26)21-12-10-20(2)11-13-21)14-18-27-16-8-6-4-5-7-9-17-28-19-15-24;1-2;;;/h10-13,22H,3-9,14-19,24H2,1-2H3,(H,25,26);1-2H3;3*1H/t22-;;;;/m1..../s1. The number of rotatable bonds is 17. The summed E-state index contributed by atoms with van der Waals surface area (Å²) in [5.74, 6) is 4.80. The fraction of sp³-hybridized carbons (Fsp3) is 0.720. The Hall–Kier alpha value is -0.650. The molecule has 1 rings (SSSR count). The van der Waals surface area contributed by atoms with E-state index in [1.165, 1.54) is 55.6 Å². The van der Waals surface area contributed by atoms with Gasteiger partial charge in [0.2, 0.25) is 0 Å². The molecule has 0 aliphatic rings. The normalized spacial score (nSPS) is 11.5. The van der Waals surface area contributed by atoms with E-state index in [0.717, 1.165) is 36.5 Å². The minimum absolute atomic E-state index is 0. The van der Waals surface area contributed by atoms with Crippen molar-refractivity contribution in [3.05, 3.63) is 35.4 Å². The highest BCUT2D eigenvalue weighted by molar-refractivity contribution is 7.99. The number of hydrogen-bond donors (Lipinski definition) is 2. The lowest BCUT2D eigenvalue weighted by Crippen LogP contribution is -2.34. The third-order valence-corrected chi connectivity index (χ3v) is 7.05. The number of benzene rings is 1. The molecule has 1 aromatic rings. The first-order valence-electron chi connectivity index (χ1n) is 11.9. The van der Waals surface area contributed by atoms with Gasteiger partial charge in [-0.05, 0) is 62.0 Å². The predicted octanol–water partition coefficient (Wildman–Crippen LogP) is 7.42. The van der Waals surface area contributed by atoms with Crippen molar-refractivity contribution in [2.24, 2.45) is 5.73 Å². The van der Waals surface area contributed by atoms with Crippen LogP contribution in [0.1, 0.15) is 92.3 Å². The number of carbonyl (C=O) groups is 1. The number of nitrogens with one attached hydrogen (secondary N) is 1. The molecule has 0 radical (unpaired) electrons. The van der Waals surface area contributed by atoms with Crippen molar-refractivity contribution >= 4 is 29.4 Å². The van der Waals surface area contributed by atoms with Gasteiger partial charge in [0.1, 0.15) is 0 Å². The summed E-state index contributed by atoms with van der Waals surface area (Å²) in [6.45, 7) is 9.00. The number of carbonyl (C=O) groups excluding carboxylic acids is 1. The number of unbranched alkanes of at least 4 members (excludes halogenated alkanes) is 5. The summed E-state index contributed by atoms with van der Waals surface area (Å²) < 4.78 is 0. The third-order valence-electron chi connectivity index (χ3n) is 4.84. The summed E-state index contributed by atoms with van der Waals surface area (Å²) in [6.07, 6.45) is 10.2. The Morgan fingerprint density at radius 3 is 2.00 bits per heavy atom. The van der Waals surface area contributed by atoms with Gasteiger partial charge in [0.15, 0.2) is 0 Å². The number of hydrogen-bond acceptors (Lipinski definition) is 4. The first kappa shape index (κ1) is 29.4. The van der Waals surface area contributed by atoms with Crippen molar-refractivity contribution in [3.63, 3.8) is 0 Å². The van der Waals surface area contributed by atoms with Crippen LogP contribution in [0.25, 0.3) is 0 Å². The topological polar surface area (TPSA) is 55.1 Å². The Labute approximate surface area is 199 Å². The molecule has 5 heteroatoms. The second-order valence-electron chi connectivity index (χ2n) is 7.37. The molecule has 0 aliphatic heterocycles. The van der Waals surface area contributed by atoms with Crippen molar-refractivity contribution in [2.75, 3.05) is 29.6 Å². The Balaban J connectivity index is -0.000000817. The minimum atomic E-state index is 0. The Morgan fingerprint density at radius 2 is 1.47 bits per heavy atom. The van der Waals surface area contributed by atoms with Gasteiger partial charge in [0.25, 0.3) is 5.91 Å². The molecule has 0 heterocycles. The monoisotopic (exact) mass is 460 g/mol. The Kier molecular flexibility index (Phi) is 21.1. The third kappa shape index (κ3) is 16.1. The van der Waals surface area contributed by atoms with Crippen LogP contribution in [0, 0.1) is 6.92 Å². The molecule has 30 heavy (non-hydrogen) atoms. The molecule has 0 aliphatic carbocycles. The molecule has 0 saturated heterocycles. The van der Waals surface area contributed by atoms with Crippen LogP contribution in [0.5, 0.6) is 0 Å². The minimum Gasteiger partial charge on any atom is -0.349 e. The summed E-state index contributed by atoms with van der Waals surface area (Å²) in [7, 11) is 0. The lowest BCUT2D eigenvalue weighted by molar-refractivity contribution is 0.0935. The summed E-state index contributed by atoms with van der Waals surface area (Å²) >= 11 is 4.02. The van der Waals surface area contributed by atoms with E-state index in [9.17, 15) is 4.79 Å². The number of nitrogens with two attached hydrogens (primary N) is 1. The maximum atomic E-state index is 12.3. The van der Waals surface area contributed by atoms with Crippen LogP contribution in [0.15, 0.2) is 24.3 Å². The average Bonchev–Trinajstić information content (AvgIpc) is 2.77. The van der Waals surface area contributed by atoms with E-state index in [1.54, 1.807) is 0 Å². The SMILES string of the molecule is CC.CC[C@H](CCSCCCCCCCCSCCN)NC(=O)c1ccc(C)cc1.[HH].[HH].[HH]. The number of aryl methyl sites for hydroxylation is 1. The van der Waals surface area contributed by atoms with E-state index in [0.29, 0.717) is 0 Å². The van der Waals surface area contributed by atoms with E-state index in [4.69, 9.17) is 5.73 Å². The molecular weight excluding hydrogens is 408 g/mol. The molecule has 0 aromatic heterocycles. The lowest BCUT2D eigenvalue weighted by atomic mass is 10.1. The van der Waals surface area contributed by atoms with Crippen LogP contribution < -0.4 is 11.1 Å². The van der Waals surface area contributed by atoms with E-state index in [1.807, 2.05) is 68.6 Å². The fourth-order valence-electron chi connectivity index (χ4n) is 2.98. The summed E-state index contributed by atoms with van der Waals surface area (Å²) in [6, 6.07) is 8.08. The zero-order valence-electron chi connectivity index (χ0n) is 19.9. The molecule has 1 amide bonds. The molecule has 1 atom stereocenters. The molecule has 1 aromatic carbocycles. The number of amides is 1. The maximum absolute atomic E-state index is 12.3. The van der Waals surface area contributed by atoms with Gasteiger partial charge < -0.3 is 11.1 Å². The van der Waals surface area contributed by atoms with Gasteiger partial charge in [-0.2, -0.15) is 23.5 Å². The second-order valence-corrected chi connectivity index (χ2v) is 9.82. The van der Waals surface area contributed by atoms with Crippen LogP contribution in [0.3, 0.4) is 0 Å². The van der Waals surface area contributed by atoms with Crippen molar-refractivity contribution in [2.45, 2.75) is 85.1 Å². The molecule has 0 fully saturated rings. The molecule has 3 nitrogen and oxygen atoms in total. The van der Waals surface area contributed by atoms with Gasteiger partial charge in [-0.25, -0.2) is 0 Å². The van der Waals surface area contributed by atoms with Crippen LogP contribution >= 0.6 is 23.5 Å². The van der Waals surface area contributed by atoms with Crippen molar-refractivity contribution in [1.29, 1.82) is 0 Å². The molecule has 0 saturated carbocycles. The van der Waals surface area contributed by atoms with Crippen molar-refractivity contribution < 1.29 is 9.07 Å². The fourth-order valence-corrected chi connectivity index (χ4v) is 4.82. The summed E-state index contributed by atoms with van der Waals surface area (Å²) in [4.78, 5) is 12.3. The summed E-state index contributed by atoms with van der Waals surface area (Å²) in [5, 5.41) is 3.18. The quantitative estimate of drug-likeness (QED) is 0.237. The first-order chi connectivity index (χ1) is 14.7. The maximum Gasteiger partial charge on any atom is 0.251 e. The van der Waals surface area contributed by atoms with Crippen LogP contribution in [-0.4, -0.2) is 41.5 Å². The van der Waals surface area contributed by atoms with E-state index in [-0.39, 0.29) is 16.2 Å². The molecule has 0 bridgehead atoms. The molecule has 3 N–H and O–H groups in total. The summed E-state index contributed by atoms with van der Waals surface area (Å²) in [5.41, 5.74) is 7.43. The van der Waals surface area contributed by atoms with Crippen LogP contribution in [0.4, 0.5) is 0 Å². The van der Waals surface area contributed by atoms with Crippen molar-refractivity contribution in [1.82, 2.24) is 5.32 Å². The molecule has 0 unspecified atom stereocenters. The van der Waals surface area contributed by atoms with E-state index < -0.39 is 0 Å². The Bertz CT molecular complexity index is 523. The van der Waals surface area contributed by atoms with Gasteiger partial charge in [-0.15, -0.1) is 0 Å². The highest BCUT2D eigenvalue weighted by Gasteiger charge is 2.11.